The van der Waals surface area contributed by atoms with Crippen molar-refractivity contribution in [3.8, 4) is 5.75 Å². The van der Waals surface area contributed by atoms with Crippen molar-refractivity contribution in [2.24, 2.45) is 0 Å². The van der Waals surface area contributed by atoms with E-state index in [-0.39, 0.29) is 24.5 Å². The first-order valence-corrected chi connectivity index (χ1v) is 5.26. The van der Waals surface area contributed by atoms with Crippen LogP contribution in [-0.4, -0.2) is 19.8 Å². The van der Waals surface area contributed by atoms with Gasteiger partial charge in [-0.3, -0.25) is 0 Å². The molecule has 1 N–H and O–H groups in total. The van der Waals surface area contributed by atoms with Gasteiger partial charge in [-0.2, -0.15) is 0 Å². The van der Waals surface area contributed by atoms with E-state index in [0.29, 0.717) is 6.61 Å². The van der Waals surface area contributed by atoms with Gasteiger partial charge in [-0.15, -0.1) is 12.4 Å². The summed E-state index contributed by atoms with van der Waals surface area (Å²) in [6.07, 6.45) is -0.380. The molecule has 1 fully saturated rings. The van der Waals surface area contributed by atoms with Crippen LogP contribution in [-0.2, 0) is 4.74 Å². The SMILES string of the molecule is COc1ccc(Br)c([C@H]2COC(=O)N2)c1.Cl. The lowest BCUT2D eigenvalue weighted by Crippen LogP contribution is -2.18. The first kappa shape index (κ1) is 13.1. The molecule has 0 radical (unpaired) electrons. The molecule has 2 rings (SSSR count). The molecule has 6 heteroatoms. The number of carbonyl (C=O) groups excluding carboxylic acids is 1. The van der Waals surface area contributed by atoms with Gasteiger partial charge in [0, 0.05) is 4.47 Å². The molecule has 4 nitrogen and oxygen atoms in total. The normalized spacial score (nSPS) is 18.4. The highest BCUT2D eigenvalue weighted by Crippen LogP contribution is 2.29. The van der Waals surface area contributed by atoms with Gasteiger partial charge in [0.15, 0.2) is 0 Å². The van der Waals surface area contributed by atoms with Crippen molar-refractivity contribution in [3.63, 3.8) is 0 Å². The number of hydrogen-bond acceptors (Lipinski definition) is 3. The number of benzene rings is 1. The molecule has 1 aliphatic heterocycles. The van der Waals surface area contributed by atoms with Crippen molar-refractivity contribution in [1.29, 1.82) is 0 Å². The third kappa shape index (κ3) is 2.59. The van der Waals surface area contributed by atoms with Gasteiger partial charge in [-0.1, -0.05) is 15.9 Å². The van der Waals surface area contributed by atoms with Crippen molar-refractivity contribution in [2.45, 2.75) is 6.04 Å². The van der Waals surface area contributed by atoms with Gasteiger partial charge in [0.05, 0.1) is 13.2 Å². The number of rotatable bonds is 2. The summed E-state index contributed by atoms with van der Waals surface area (Å²) in [6, 6.07) is 5.51. The lowest BCUT2D eigenvalue weighted by atomic mass is 10.1. The quantitative estimate of drug-likeness (QED) is 0.914. The molecule has 1 aliphatic rings. The first-order valence-electron chi connectivity index (χ1n) is 4.47. The Balaban J connectivity index is 0.00000128. The Morgan fingerprint density at radius 3 is 2.88 bits per heavy atom. The van der Waals surface area contributed by atoms with Crippen LogP contribution in [0.3, 0.4) is 0 Å². The van der Waals surface area contributed by atoms with E-state index in [1.807, 2.05) is 18.2 Å². The van der Waals surface area contributed by atoms with Crippen molar-refractivity contribution < 1.29 is 14.3 Å². The van der Waals surface area contributed by atoms with Gasteiger partial charge >= 0.3 is 6.09 Å². The van der Waals surface area contributed by atoms with E-state index in [4.69, 9.17) is 9.47 Å². The number of carbonyl (C=O) groups is 1. The fourth-order valence-electron chi connectivity index (χ4n) is 1.47. The molecular formula is C10H11BrClNO3. The summed E-state index contributed by atoms with van der Waals surface area (Å²) in [4.78, 5) is 10.9. The van der Waals surface area contributed by atoms with Crippen molar-refractivity contribution in [3.05, 3.63) is 28.2 Å². The summed E-state index contributed by atoms with van der Waals surface area (Å²) in [5, 5.41) is 2.72. The second-order valence-electron chi connectivity index (χ2n) is 3.18. The standard InChI is InChI=1S/C10H10BrNO3.ClH/c1-14-6-2-3-8(11)7(4-6)9-5-15-10(13)12-9;/h2-4,9H,5H2,1H3,(H,12,13);1H/t9-;/m1./s1. The minimum absolute atomic E-state index is 0. The Bertz CT molecular complexity index is 400. The van der Waals surface area contributed by atoms with E-state index in [1.165, 1.54) is 0 Å². The van der Waals surface area contributed by atoms with Crippen LogP contribution in [0.25, 0.3) is 0 Å². The number of methoxy groups -OCH3 is 1. The monoisotopic (exact) mass is 307 g/mol. The Labute approximate surface area is 108 Å². The van der Waals surface area contributed by atoms with E-state index in [2.05, 4.69) is 21.2 Å². The van der Waals surface area contributed by atoms with Gasteiger partial charge in [-0.05, 0) is 23.8 Å². The summed E-state index contributed by atoms with van der Waals surface area (Å²) in [5.74, 6) is 0.759. The Kier molecular flexibility index (Phi) is 4.44. The molecule has 1 heterocycles. The number of cyclic esters (lactones) is 1. The third-order valence-corrected chi connectivity index (χ3v) is 2.97. The smallest absolute Gasteiger partial charge is 0.407 e. The molecule has 0 aromatic heterocycles. The maximum atomic E-state index is 10.9. The molecular weight excluding hydrogens is 297 g/mol. The molecule has 0 bridgehead atoms. The zero-order valence-corrected chi connectivity index (χ0v) is 10.9. The second-order valence-corrected chi connectivity index (χ2v) is 4.04. The molecule has 1 amide bonds. The number of hydrogen-bond donors (Lipinski definition) is 1. The number of halogens is 2. The minimum atomic E-state index is -0.380. The molecule has 0 aliphatic carbocycles. The topological polar surface area (TPSA) is 47.6 Å². The number of amides is 1. The van der Waals surface area contributed by atoms with Crippen LogP contribution in [0.2, 0.25) is 0 Å². The molecule has 0 unspecified atom stereocenters. The summed E-state index contributed by atoms with van der Waals surface area (Å²) in [6.45, 7) is 0.352. The summed E-state index contributed by atoms with van der Waals surface area (Å²) < 4.78 is 10.9. The zero-order valence-electron chi connectivity index (χ0n) is 8.53. The van der Waals surface area contributed by atoms with Gasteiger partial charge in [-0.25, -0.2) is 4.79 Å². The van der Waals surface area contributed by atoms with E-state index in [9.17, 15) is 4.79 Å². The summed E-state index contributed by atoms with van der Waals surface area (Å²) in [7, 11) is 1.61. The highest BCUT2D eigenvalue weighted by molar-refractivity contribution is 9.10. The van der Waals surface area contributed by atoms with E-state index in [1.54, 1.807) is 7.11 Å². The van der Waals surface area contributed by atoms with Crippen LogP contribution in [0.1, 0.15) is 11.6 Å². The third-order valence-electron chi connectivity index (χ3n) is 2.25. The van der Waals surface area contributed by atoms with Crippen LogP contribution in [0, 0.1) is 0 Å². The summed E-state index contributed by atoms with van der Waals surface area (Å²) in [5.41, 5.74) is 0.959. The highest BCUT2D eigenvalue weighted by atomic mass is 79.9. The molecule has 1 atom stereocenters. The van der Waals surface area contributed by atoms with Crippen LogP contribution in [0.15, 0.2) is 22.7 Å². The fourth-order valence-corrected chi connectivity index (χ4v) is 1.99. The Morgan fingerprint density at radius 1 is 1.56 bits per heavy atom. The van der Waals surface area contributed by atoms with Crippen molar-refractivity contribution in [2.75, 3.05) is 13.7 Å². The lowest BCUT2D eigenvalue weighted by molar-refractivity contribution is 0.177. The van der Waals surface area contributed by atoms with Crippen LogP contribution < -0.4 is 10.1 Å². The number of alkyl carbamates (subject to hydrolysis) is 1. The maximum Gasteiger partial charge on any atom is 0.407 e. The predicted molar refractivity (Wildman–Crippen MR) is 65.2 cm³/mol. The second kappa shape index (κ2) is 5.41. The molecule has 0 saturated carbocycles. The molecule has 1 saturated heterocycles. The fraction of sp³-hybridized carbons (Fsp3) is 0.300. The van der Waals surface area contributed by atoms with Crippen molar-refractivity contribution >= 4 is 34.4 Å². The van der Waals surface area contributed by atoms with Gasteiger partial charge in [0.1, 0.15) is 12.4 Å². The highest BCUT2D eigenvalue weighted by Gasteiger charge is 2.25. The summed E-state index contributed by atoms with van der Waals surface area (Å²) >= 11 is 3.43. The first-order chi connectivity index (χ1) is 7.20. The minimum Gasteiger partial charge on any atom is -0.497 e. The van der Waals surface area contributed by atoms with Crippen LogP contribution >= 0.6 is 28.3 Å². The van der Waals surface area contributed by atoms with Gasteiger partial charge in [0.25, 0.3) is 0 Å². The van der Waals surface area contributed by atoms with Crippen molar-refractivity contribution in [1.82, 2.24) is 5.32 Å². The number of nitrogens with one attached hydrogen (secondary N) is 1. The molecule has 88 valence electrons. The molecule has 16 heavy (non-hydrogen) atoms. The van der Waals surface area contributed by atoms with E-state index >= 15 is 0 Å². The lowest BCUT2D eigenvalue weighted by Gasteiger charge is -2.11. The average molecular weight is 309 g/mol. The van der Waals surface area contributed by atoms with E-state index in [0.717, 1.165) is 15.8 Å². The number of ether oxygens (including phenoxy) is 2. The molecule has 0 spiro atoms. The zero-order chi connectivity index (χ0) is 10.8. The Morgan fingerprint density at radius 2 is 2.31 bits per heavy atom. The molecule has 1 aromatic rings. The Hall–Kier alpha value is -0.940. The van der Waals surface area contributed by atoms with Crippen LogP contribution in [0.5, 0.6) is 5.75 Å². The average Bonchev–Trinajstić information content (AvgIpc) is 2.65. The van der Waals surface area contributed by atoms with Gasteiger partial charge in [0.2, 0.25) is 0 Å². The van der Waals surface area contributed by atoms with E-state index < -0.39 is 0 Å². The largest absolute Gasteiger partial charge is 0.497 e. The maximum absolute atomic E-state index is 10.9. The molecule has 1 aromatic carbocycles. The van der Waals surface area contributed by atoms with Gasteiger partial charge < -0.3 is 14.8 Å². The predicted octanol–water partition coefficient (Wildman–Crippen LogP) is 2.66. The van der Waals surface area contributed by atoms with Crippen LogP contribution in [0.4, 0.5) is 4.79 Å².